The number of benzene rings is 1. The van der Waals surface area contributed by atoms with Gasteiger partial charge in [-0.3, -0.25) is 4.68 Å². The summed E-state index contributed by atoms with van der Waals surface area (Å²) in [4.78, 5) is 7.09. The van der Waals surface area contributed by atoms with Gasteiger partial charge in [-0.1, -0.05) is 0 Å². The van der Waals surface area contributed by atoms with Gasteiger partial charge in [0.2, 0.25) is 0 Å². The molecule has 3 heterocycles. The highest BCUT2D eigenvalue weighted by Crippen LogP contribution is 2.26. The molecule has 0 radical (unpaired) electrons. The zero-order valence-corrected chi connectivity index (χ0v) is 20.5. The Hall–Kier alpha value is -2.30. The monoisotopic (exact) mass is 540 g/mol. The molecule has 31 heavy (non-hydrogen) atoms. The molecule has 3 aromatic rings. The van der Waals surface area contributed by atoms with E-state index in [0.29, 0.717) is 18.2 Å². The van der Waals surface area contributed by atoms with E-state index in [4.69, 9.17) is 9.41 Å². The van der Waals surface area contributed by atoms with Gasteiger partial charge >= 0.3 is 0 Å². The Morgan fingerprint density at radius 3 is 2.97 bits per heavy atom. The standard InChI is InChI=1S/C22H29FN6O.HI/c1-4-24-22(25-12-21-15(2)19-10-16(23)7-8-20(19)30-21)27-17-6-5-9-29(13-17)18-11-26-28(3)14-18;/h7-8,10-11,14,17H,4-6,9,12-13H2,1-3H3,(H2,24,25,27);1H. The number of aryl methyl sites for hydroxylation is 2. The molecule has 1 saturated heterocycles. The van der Waals surface area contributed by atoms with Crippen molar-refractivity contribution < 1.29 is 8.81 Å². The Morgan fingerprint density at radius 1 is 1.39 bits per heavy atom. The lowest BCUT2D eigenvalue weighted by Crippen LogP contribution is -2.51. The van der Waals surface area contributed by atoms with Crippen LogP contribution in [0.4, 0.5) is 10.1 Å². The summed E-state index contributed by atoms with van der Waals surface area (Å²) in [6.07, 6.45) is 6.16. The molecular formula is C22H30FIN6O. The number of aromatic nitrogens is 2. The number of furan rings is 1. The van der Waals surface area contributed by atoms with Gasteiger partial charge in [0.1, 0.15) is 23.7 Å². The number of fused-ring (bicyclic) bond motifs is 1. The molecule has 1 aliphatic heterocycles. The van der Waals surface area contributed by atoms with Gasteiger partial charge < -0.3 is 20.0 Å². The summed E-state index contributed by atoms with van der Waals surface area (Å²) in [6, 6.07) is 4.90. The van der Waals surface area contributed by atoms with Crippen LogP contribution in [0.1, 0.15) is 31.1 Å². The van der Waals surface area contributed by atoms with Crippen molar-refractivity contribution in [1.82, 2.24) is 20.4 Å². The number of anilines is 1. The van der Waals surface area contributed by atoms with Crippen LogP contribution in [0.25, 0.3) is 11.0 Å². The first-order valence-electron chi connectivity index (χ1n) is 10.5. The molecule has 1 atom stereocenters. The molecule has 7 nitrogen and oxygen atoms in total. The molecular weight excluding hydrogens is 510 g/mol. The van der Waals surface area contributed by atoms with Crippen molar-refractivity contribution >= 4 is 46.6 Å². The number of halogens is 2. The SMILES string of the molecule is CCNC(=NCc1oc2ccc(F)cc2c1C)NC1CCCN(c2cnn(C)c2)C1.I. The van der Waals surface area contributed by atoms with Gasteiger partial charge in [-0.05, 0) is 44.9 Å². The summed E-state index contributed by atoms with van der Waals surface area (Å²) in [5.74, 6) is 1.27. The van der Waals surface area contributed by atoms with E-state index in [-0.39, 0.29) is 29.8 Å². The zero-order valence-electron chi connectivity index (χ0n) is 18.2. The molecule has 0 aliphatic carbocycles. The van der Waals surface area contributed by atoms with Gasteiger partial charge in [0.05, 0.1) is 11.9 Å². The molecule has 2 N–H and O–H groups in total. The smallest absolute Gasteiger partial charge is 0.191 e. The van der Waals surface area contributed by atoms with Crippen LogP contribution in [0.5, 0.6) is 0 Å². The molecule has 1 aliphatic rings. The first kappa shape index (κ1) is 23.4. The van der Waals surface area contributed by atoms with Crippen molar-refractivity contribution in [3.8, 4) is 0 Å². The lowest BCUT2D eigenvalue weighted by Gasteiger charge is -2.34. The van der Waals surface area contributed by atoms with Gasteiger partial charge in [-0.2, -0.15) is 5.10 Å². The summed E-state index contributed by atoms with van der Waals surface area (Å²) < 4.78 is 21.3. The van der Waals surface area contributed by atoms with Crippen LogP contribution in [-0.4, -0.2) is 41.4 Å². The highest BCUT2D eigenvalue weighted by molar-refractivity contribution is 14.0. The second kappa shape index (κ2) is 10.3. The second-order valence-electron chi connectivity index (χ2n) is 7.79. The third-order valence-corrected chi connectivity index (χ3v) is 5.54. The number of hydrogen-bond acceptors (Lipinski definition) is 4. The van der Waals surface area contributed by atoms with Gasteiger partial charge in [-0.25, -0.2) is 9.38 Å². The first-order valence-corrected chi connectivity index (χ1v) is 10.5. The molecule has 1 fully saturated rings. The fourth-order valence-electron chi connectivity index (χ4n) is 3.96. The van der Waals surface area contributed by atoms with Gasteiger partial charge in [0.25, 0.3) is 0 Å². The fraction of sp³-hybridized carbons (Fsp3) is 0.455. The van der Waals surface area contributed by atoms with E-state index >= 15 is 0 Å². The summed E-state index contributed by atoms with van der Waals surface area (Å²) in [7, 11) is 1.94. The molecule has 168 valence electrons. The van der Waals surface area contributed by atoms with Crippen LogP contribution < -0.4 is 15.5 Å². The minimum atomic E-state index is -0.257. The van der Waals surface area contributed by atoms with Gasteiger partial charge in [0.15, 0.2) is 5.96 Å². The minimum absolute atomic E-state index is 0. The van der Waals surface area contributed by atoms with Crippen molar-refractivity contribution in [2.45, 2.75) is 39.3 Å². The topological polar surface area (TPSA) is 70.6 Å². The van der Waals surface area contributed by atoms with E-state index < -0.39 is 0 Å². The van der Waals surface area contributed by atoms with Crippen molar-refractivity contribution in [2.24, 2.45) is 12.0 Å². The quantitative estimate of drug-likeness (QED) is 0.292. The summed E-state index contributed by atoms with van der Waals surface area (Å²) in [6.45, 7) is 7.11. The van der Waals surface area contributed by atoms with E-state index in [2.05, 4.69) is 33.8 Å². The van der Waals surface area contributed by atoms with E-state index in [1.54, 1.807) is 6.07 Å². The molecule has 1 unspecified atom stereocenters. The maximum absolute atomic E-state index is 13.6. The predicted octanol–water partition coefficient (Wildman–Crippen LogP) is 3.96. The Morgan fingerprint density at radius 2 is 2.23 bits per heavy atom. The van der Waals surface area contributed by atoms with Crippen LogP contribution in [0.15, 0.2) is 40.0 Å². The first-order chi connectivity index (χ1) is 14.5. The normalized spacial score (nSPS) is 17.0. The lowest BCUT2D eigenvalue weighted by molar-refractivity contribution is 0.467. The van der Waals surface area contributed by atoms with Crippen molar-refractivity contribution in [1.29, 1.82) is 0 Å². The summed E-state index contributed by atoms with van der Waals surface area (Å²) in [5, 5.41) is 12.0. The van der Waals surface area contributed by atoms with Crippen LogP contribution in [0, 0.1) is 12.7 Å². The number of nitrogens with zero attached hydrogens (tertiary/aromatic N) is 4. The molecule has 0 amide bonds. The molecule has 0 spiro atoms. The Labute approximate surface area is 199 Å². The van der Waals surface area contributed by atoms with Crippen LogP contribution >= 0.6 is 24.0 Å². The third kappa shape index (κ3) is 5.50. The van der Waals surface area contributed by atoms with Crippen LogP contribution in [0.3, 0.4) is 0 Å². The number of aliphatic imine (C=N–C) groups is 1. The van der Waals surface area contributed by atoms with Crippen LogP contribution in [0.2, 0.25) is 0 Å². The molecule has 0 saturated carbocycles. The van der Waals surface area contributed by atoms with Crippen molar-refractivity contribution in [2.75, 3.05) is 24.5 Å². The summed E-state index contributed by atoms with van der Waals surface area (Å²) >= 11 is 0. The number of hydrogen-bond donors (Lipinski definition) is 2. The highest BCUT2D eigenvalue weighted by atomic mass is 127. The molecule has 0 bridgehead atoms. The number of guanidine groups is 1. The molecule has 4 rings (SSSR count). The highest BCUT2D eigenvalue weighted by Gasteiger charge is 2.22. The Balaban J connectivity index is 0.00000272. The minimum Gasteiger partial charge on any atom is -0.459 e. The van der Waals surface area contributed by atoms with Gasteiger partial charge in [-0.15, -0.1) is 24.0 Å². The lowest BCUT2D eigenvalue weighted by atomic mass is 10.1. The average molecular weight is 540 g/mol. The Bertz CT molecular complexity index is 1050. The maximum Gasteiger partial charge on any atom is 0.191 e. The Kier molecular flexibility index (Phi) is 7.79. The van der Waals surface area contributed by atoms with Crippen LogP contribution in [-0.2, 0) is 13.6 Å². The third-order valence-electron chi connectivity index (χ3n) is 5.54. The predicted molar refractivity (Wildman–Crippen MR) is 133 cm³/mol. The van der Waals surface area contributed by atoms with E-state index in [1.165, 1.54) is 12.1 Å². The second-order valence-corrected chi connectivity index (χ2v) is 7.79. The molecule has 1 aromatic carbocycles. The fourth-order valence-corrected chi connectivity index (χ4v) is 3.96. The van der Waals surface area contributed by atoms with Crippen molar-refractivity contribution in [3.05, 3.63) is 47.7 Å². The van der Waals surface area contributed by atoms with E-state index in [1.807, 2.05) is 24.9 Å². The maximum atomic E-state index is 13.6. The van der Waals surface area contributed by atoms with Crippen molar-refractivity contribution in [3.63, 3.8) is 0 Å². The summed E-state index contributed by atoms with van der Waals surface area (Å²) in [5.41, 5.74) is 2.78. The number of nitrogens with one attached hydrogen (secondary N) is 2. The van der Waals surface area contributed by atoms with Gasteiger partial charge in [0, 0.05) is 49.9 Å². The molecule has 2 aromatic heterocycles. The largest absolute Gasteiger partial charge is 0.459 e. The van der Waals surface area contributed by atoms with E-state index in [9.17, 15) is 4.39 Å². The number of piperidine rings is 1. The zero-order chi connectivity index (χ0) is 21.1. The van der Waals surface area contributed by atoms with E-state index in [0.717, 1.165) is 60.8 Å². The number of rotatable bonds is 5. The average Bonchev–Trinajstić information content (AvgIpc) is 3.30. The molecule has 9 heteroatoms.